The Bertz CT molecular complexity index is 919. The first-order valence-electron chi connectivity index (χ1n) is 13.5. The number of nitrogens with one attached hydrogen (secondary N) is 1. The SMILES string of the molecule is CCCCOCC1(COCCCC)c2[nH]c3ccccc3c2C2CC(O)C1CCN2CC(O)CO. The minimum atomic E-state index is -0.807. The summed E-state index contributed by atoms with van der Waals surface area (Å²) in [4.78, 5) is 6.01. The van der Waals surface area contributed by atoms with Crippen molar-refractivity contribution in [2.45, 2.75) is 76.0 Å². The molecule has 196 valence electrons. The van der Waals surface area contributed by atoms with E-state index in [4.69, 9.17) is 9.47 Å². The van der Waals surface area contributed by atoms with Gasteiger partial charge in [-0.3, -0.25) is 4.90 Å². The van der Waals surface area contributed by atoms with E-state index in [1.54, 1.807) is 0 Å². The molecule has 35 heavy (non-hydrogen) atoms. The van der Waals surface area contributed by atoms with E-state index in [-0.39, 0.29) is 18.6 Å². The summed E-state index contributed by atoms with van der Waals surface area (Å²) in [6.07, 6.45) is 4.22. The van der Waals surface area contributed by atoms with Crippen LogP contribution in [0.1, 0.15) is 69.7 Å². The molecule has 4 atom stereocenters. The number of aromatic amines is 1. The number of rotatable bonds is 13. The number of aromatic nitrogens is 1. The number of benzene rings is 1. The minimum absolute atomic E-state index is 0.0427. The van der Waals surface area contributed by atoms with E-state index in [0.717, 1.165) is 55.2 Å². The van der Waals surface area contributed by atoms with Crippen molar-refractivity contribution < 1.29 is 24.8 Å². The number of hydrogen-bond donors (Lipinski definition) is 4. The molecule has 0 saturated carbocycles. The molecule has 1 saturated heterocycles. The summed E-state index contributed by atoms with van der Waals surface area (Å²) in [5, 5.41) is 32.6. The van der Waals surface area contributed by atoms with E-state index in [1.807, 2.05) is 6.07 Å². The van der Waals surface area contributed by atoms with E-state index < -0.39 is 17.6 Å². The molecule has 0 amide bonds. The molecule has 0 spiro atoms. The normalized spacial score (nSPS) is 24.9. The van der Waals surface area contributed by atoms with Gasteiger partial charge in [-0.1, -0.05) is 44.9 Å². The molecule has 1 aromatic heterocycles. The van der Waals surface area contributed by atoms with Crippen LogP contribution in [0.4, 0.5) is 0 Å². The number of unbranched alkanes of at least 4 members (excludes halogenated alkanes) is 2. The lowest BCUT2D eigenvalue weighted by molar-refractivity contribution is -0.0468. The maximum absolute atomic E-state index is 11.6. The summed E-state index contributed by atoms with van der Waals surface area (Å²) < 4.78 is 12.7. The van der Waals surface area contributed by atoms with Crippen molar-refractivity contribution in [3.63, 3.8) is 0 Å². The van der Waals surface area contributed by atoms with Gasteiger partial charge >= 0.3 is 0 Å². The number of aliphatic hydroxyl groups is 3. The largest absolute Gasteiger partial charge is 0.394 e. The molecule has 2 heterocycles. The second-order valence-corrected chi connectivity index (χ2v) is 10.5. The second-order valence-electron chi connectivity index (χ2n) is 10.5. The monoisotopic (exact) mass is 488 g/mol. The van der Waals surface area contributed by atoms with E-state index in [1.165, 1.54) is 5.56 Å². The lowest BCUT2D eigenvalue weighted by Crippen LogP contribution is -2.50. The first-order chi connectivity index (χ1) is 17.1. The molecule has 1 aliphatic heterocycles. The average molecular weight is 489 g/mol. The Hall–Kier alpha value is -1.48. The van der Waals surface area contributed by atoms with Crippen LogP contribution in [0.25, 0.3) is 10.9 Å². The molecule has 1 fully saturated rings. The minimum Gasteiger partial charge on any atom is -0.394 e. The van der Waals surface area contributed by atoms with Gasteiger partial charge in [-0.2, -0.15) is 0 Å². The molecule has 1 aliphatic carbocycles. The predicted octanol–water partition coefficient (Wildman–Crippen LogP) is 3.52. The van der Waals surface area contributed by atoms with Crippen molar-refractivity contribution in [2.75, 3.05) is 46.1 Å². The number of ether oxygens (including phenoxy) is 2. The first kappa shape index (κ1) is 26.6. The number of hydrogen-bond acceptors (Lipinski definition) is 6. The highest BCUT2D eigenvalue weighted by Crippen LogP contribution is 2.51. The number of likely N-dealkylation sites (tertiary alicyclic amines) is 1. The number of aliphatic hydroxyl groups excluding tert-OH is 3. The van der Waals surface area contributed by atoms with Gasteiger partial charge < -0.3 is 29.8 Å². The Morgan fingerprint density at radius 2 is 1.80 bits per heavy atom. The van der Waals surface area contributed by atoms with Gasteiger partial charge in [0, 0.05) is 48.3 Å². The highest BCUT2D eigenvalue weighted by Gasteiger charge is 2.53. The molecule has 4 unspecified atom stereocenters. The molecule has 0 radical (unpaired) electrons. The summed E-state index contributed by atoms with van der Waals surface area (Å²) in [6.45, 7) is 7.60. The van der Waals surface area contributed by atoms with Crippen molar-refractivity contribution in [2.24, 2.45) is 5.92 Å². The van der Waals surface area contributed by atoms with Crippen LogP contribution in [0, 0.1) is 5.92 Å². The Kier molecular flexibility index (Phi) is 9.24. The van der Waals surface area contributed by atoms with Crippen molar-refractivity contribution >= 4 is 10.9 Å². The fraction of sp³-hybridized carbons (Fsp3) is 0.714. The zero-order valence-corrected chi connectivity index (χ0v) is 21.4. The van der Waals surface area contributed by atoms with E-state index in [0.29, 0.717) is 39.4 Å². The quantitative estimate of drug-likeness (QED) is 0.322. The highest BCUT2D eigenvalue weighted by atomic mass is 16.5. The van der Waals surface area contributed by atoms with Crippen LogP contribution in [-0.2, 0) is 14.9 Å². The number of fused-ring (bicyclic) bond motifs is 7. The van der Waals surface area contributed by atoms with E-state index >= 15 is 0 Å². The molecule has 1 aromatic carbocycles. The predicted molar refractivity (Wildman–Crippen MR) is 138 cm³/mol. The fourth-order valence-corrected chi connectivity index (χ4v) is 6.18. The van der Waals surface area contributed by atoms with Crippen LogP contribution in [0.15, 0.2) is 24.3 Å². The smallest absolute Gasteiger partial charge is 0.0897 e. The van der Waals surface area contributed by atoms with Gasteiger partial charge in [0.1, 0.15) is 0 Å². The Balaban J connectivity index is 1.83. The number of β-amino-alcohol motifs (C(OH)–C–C–N with tert-alkyl or cyclic N) is 1. The molecule has 2 aliphatic rings. The molecule has 4 N–H and O–H groups in total. The van der Waals surface area contributed by atoms with Gasteiger partial charge in [0.05, 0.1) is 37.4 Å². The van der Waals surface area contributed by atoms with Crippen molar-refractivity contribution in [3.8, 4) is 0 Å². The maximum atomic E-state index is 11.6. The summed E-state index contributed by atoms with van der Waals surface area (Å²) in [6, 6.07) is 8.30. The lowest BCUT2D eigenvalue weighted by Gasteiger charge is -2.43. The van der Waals surface area contributed by atoms with Crippen LogP contribution < -0.4 is 0 Å². The third-order valence-corrected chi connectivity index (χ3v) is 8.04. The zero-order valence-electron chi connectivity index (χ0n) is 21.4. The average Bonchev–Trinajstić information content (AvgIpc) is 3.13. The van der Waals surface area contributed by atoms with Crippen LogP contribution in [-0.4, -0.2) is 83.5 Å². The molecule has 7 nitrogen and oxygen atoms in total. The third kappa shape index (κ3) is 5.45. The van der Waals surface area contributed by atoms with Crippen molar-refractivity contribution in [1.29, 1.82) is 0 Å². The standard InChI is InChI=1S/C28H44N2O5/c1-3-5-13-34-18-28(19-35-14-6-4-2)22-11-12-30(16-20(32)17-31)24(15-25(22)33)26-21-9-7-8-10-23(21)29-27(26)28/h7-10,20,22,24-25,29,31-33H,3-6,11-19H2,1-2H3. The Morgan fingerprint density at radius 3 is 2.46 bits per heavy atom. The van der Waals surface area contributed by atoms with Crippen LogP contribution in [0.5, 0.6) is 0 Å². The number of H-pyrrole nitrogens is 1. The topological polar surface area (TPSA) is 98.2 Å². The summed E-state index contributed by atoms with van der Waals surface area (Å²) in [5.74, 6) is -0.0427. The zero-order chi connectivity index (χ0) is 24.8. The maximum Gasteiger partial charge on any atom is 0.0897 e. The molecule has 7 heteroatoms. The van der Waals surface area contributed by atoms with Crippen molar-refractivity contribution in [3.05, 3.63) is 35.5 Å². The van der Waals surface area contributed by atoms with Gasteiger partial charge in [0.15, 0.2) is 0 Å². The van der Waals surface area contributed by atoms with Gasteiger partial charge in [0.2, 0.25) is 0 Å². The van der Waals surface area contributed by atoms with Gasteiger partial charge in [-0.05, 0) is 43.9 Å². The molecular formula is C28H44N2O5. The van der Waals surface area contributed by atoms with Crippen molar-refractivity contribution in [1.82, 2.24) is 9.88 Å². The summed E-state index contributed by atoms with van der Waals surface area (Å²) in [7, 11) is 0. The summed E-state index contributed by atoms with van der Waals surface area (Å²) in [5.41, 5.74) is 2.89. The number of para-hydroxylation sites is 1. The van der Waals surface area contributed by atoms with Gasteiger partial charge in [-0.25, -0.2) is 0 Å². The van der Waals surface area contributed by atoms with E-state index in [2.05, 4.69) is 41.9 Å². The van der Waals surface area contributed by atoms with Crippen LogP contribution in [0.3, 0.4) is 0 Å². The molecule has 2 bridgehead atoms. The third-order valence-electron chi connectivity index (χ3n) is 8.04. The molecule has 4 rings (SSSR count). The van der Waals surface area contributed by atoms with Crippen LogP contribution in [0.2, 0.25) is 0 Å². The fourth-order valence-electron chi connectivity index (χ4n) is 6.18. The first-order valence-corrected chi connectivity index (χ1v) is 13.5. The Morgan fingerprint density at radius 1 is 1.11 bits per heavy atom. The van der Waals surface area contributed by atoms with Gasteiger partial charge in [0.25, 0.3) is 0 Å². The van der Waals surface area contributed by atoms with Crippen LogP contribution >= 0.6 is 0 Å². The molecule has 2 aromatic rings. The number of nitrogens with zero attached hydrogens (tertiary/aromatic N) is 1. The highest BCUT2D eigenvalue weighted by molar-refractivity contribution is 5.86. The molecular weight excluding hydrogens is 444 g/mol. The Labute approximate surface area is 209 Å². The second kappa shape index (κ2) is 12.2. The van der Waals surface area contributed by atoms with E-state index in [9.17, 15) is 15.3 Å². The van der Waals surface area contributed by atoms with Gasteiger partial charge in [-0.15, -0.1) is 0 Å². The summed E-state index contributed by atoms with van der Waals surface area (Å²) >= 11 is 0. The lowest BCUT2D eigenvalue weighted by atomic mass is 9.69.